The number of nitrogens with zero attached hydrogens (tertiary/aromatic N) is 1. The van der Waals surface area contributed by atoms with Gasteiger partial charge in [-0.1, -0.05) is 12.1 Å². The Hall–Kier alpha value is -1.92. The van der Waals surface area contributed by atoms with E-state index in [4.69, 9.17) is 9.47 Å². The Kier molecular flexibility index (Phi) is 5.48. The van der Waals surface area contributed by atoms with Crippen LogP contribution >= 0.6 is 11.3 Å². The molecule has 3 rings (SSSR count). The van der Waals surface area contributed by atoms with Crippen molar-refractivity contribution in [3.63, 3.8) is 0 Å². The first kappa shape index (κ1) is 16.9. The molecule has 1 amide bonds. The van der Waals surface area contributed by atoms with Gasteiger partial charge in [-0.3, -0.25) is 4.79 Å². The average Bonchev–Trinajstić information content (AvgIpc) is 3.25. The highest BCUT2D eigenvalue weighted by Gasteiger charge is 2.18. The molecule has 24 heavy (non-hydrogen) atoms. The zero-order chi connectivity index (χ0) is 16.9. The van der Waals surface area contributed by atoms with Crippen molar-refractivity contribution in [2.45, 2.75) is 39.4 Å². The Balaban J connectivity index is 1.53. The monoisotopic (exact) mass is 346 g/mol. The molecule has 0 aliphatic carbocycles. The van der Waals surface area contributed by atoms with Crippen molar-refractivity contribution in [3.05, 3.63) is 45.4 Å². The van der Waals surface area contributed by atoms with E-state index in [2.05, 4.69) is 23.3 Å². The van der Waals surface area contributed by atoms with Crippen molar-refractivity contribution in [1.82, 2.24) is 10.3 Å². The number of amides is 1. The summed E-state index contributed by atoms with van der Waals surface area (Å²) in [6.45, 7) is 5.80. The molecular formula is C18H22N2O3S. The van der Waals surface area contributed by atoms with Crippen LogP contribution in [0.3, 0.4) is 0 Å². The number of hydrogen-bond acceptors (Lipinski definition) is 5. The number of nitrogens with one attached hydrogen (secondary N) is 1. The quantitative estimate of drug-likeness (QED) is 0.872. The van der Waals surface area contributed by atoms with Gasteiger partial charge in [0.1, 0.15) is 23.1 Å². The number of ether oxygens (including phenoxy) is 2. The van der Waals surface area contributed by atoms with Gasteiger partial charge in [0.05, 0.1) is 6.10 Å². The van der Waals surface area contributed by atoms with Gasteiger partial charge < -0.3 is 14.8 Å². The van der Waals surface area contributed by atoms with Crippen molar-refractivity contribution in [3.8, 4) is 5.75 Å². The summed E-state index contributed by atoms with van der Waals surface area (Å²) in [4.78, 5) is 16.5. The van der Waals surface area contributed by atoms with Gasteiger partial charge in [-0.05, 0) is 43.9 Å². The van der Waals surface area contributed by atoms with Gasteiger partial charge in [-0.25, -0.2) is 4.98 Å². The summed E-state index contributed by atoms with van der Waals surface area (Å²) in [5, 5.41) is 5.44. The largest absolute Gasteiger partial charge is 0.486 e. The fourth-order valence-electron chi connectivity index (χ4n) is 2.60. The lowest BCUT2D eigenvalue weighted by molar-refractivity contribution is 0.0854. The molecule has 2 aromatic rings. The molecule has 1 aromatic carbocycles. The average molecular weight is 346 g/mol. The van der Waals surface area contributed by atoms with E-state index in [1.54, 1.807) is 5.38 Å². The maximum atomic E-state index is 12.1. The second kappa shape index (κ2) is 7.77. The first-order valence-electron chi connectivity index (χ1n) is 8.16. The molecule has 1 atom stereocenters. The minimum Gasteiger partial charge on any atom is -0.486 e. The minimum atomic E-state index is -0.153. The summed E-state index contributed by atoms with van der Waals surface area (Å²) in [6.07, 6.45) is 2.21. The van der Waals surface area contributed by atoms with Gasteiger partial charge in [0.2, 0.25) is 0 Å². The molecule has 6 heteroatoms. The van der Waals surface area contributed by atoms with E-state index < -0.39 is 0 Å². The third kappa shape index (κ3) is 4.13. The summed E-state index contributed by atoms with van der Waals surface area (Å²) >= 11 is 1.44. The predicted molar refractivity (Wildman–Crippen MR) is 93.7 cm³/mol. The summed E-state index contributed by atoms with van der Waals surface area (Å²) in [5.74, 6) is 0.703. The van der Waals surface area contributed by atoms with Crippen LogP contribution in [0.2, 0.25) is 0 Å². The Bertz CT molecular complexity index is 708. The van der Waals surface area contributed by atoms with Gasteiger partial charge in [0.15, 0.2) is 0 Å². The lowest BCUT2D eigenvalue weighted by Crippen LogP contribution is -2.31. The van der Waals surface area contributed by atoms with Crippen LogP contribution in [0.25, 0.3) is 0 Å². The maximum absolute atomic E-state index is 12.1. The van der Waals surface area contributed by atoms with Crippen molar-refractivity contribution < 1.29 is 14.3 Å². The molecule has 1 aliphatic heterocycles. The van der Waals surface area contributed by atoms with E-state index in [1.165, 1.54) is 16.9 Å². The molecule has 0 unspecified atom stereocenters. The van der Waals surface area contributed by atoms with E-state index in [0.717, 1.165) is 35.8 Å². The number of carbonyl (C=O) groups excluding carboxylic acids is 1. The molecule has 1 aromatic heterocycles. The molecule has 1 aliphatic rings. The first-order valence-corrected chi connectivity index (χ1v) is 9.04. The Morgan fingerprint density at radius 3 is 3.12 bits per heavy atom. The van der Waals surface area contributed by atoms with E-state index in [1.807, 2.05) is 19.1 Å². The van der Waals surface area contributed by atoms with Crippen LogP contribution in [-0.4, -0.2) is 30.1 Å². The lowest BCUT2D eigenvalue weighted by Gasteiger charge is -2.10. The highest BCUT2D eigenvalue weighted by Crippen LogP contribution is 2.22. The molecule has 128 valence electrons. The van der Waals surface area contributed by atoms with Gasteiger partial charge in [-0.15, -0.1) is 11.3 Å². The number of aromatic nitrogens is 1. The van der Waals surface area contributed by atoms with Crippen molar-refractivity contribution in [1.29, 1.82) is 0 Å². The van der Waals surface area contributed by atoms with Crippen LogP contribution in [0.15, 0.2) is 23.6 Å². The van der Waals surface area contributed by atoms with E-state index in [9.17, 15) is 4.79 Å². The maximum Gasteiger partial charge on any atom is 0.270 e. The fraction of sp³-hybridized carbons (Fsp3) is 0.444. The summed E-state index contributed by atoms with van der Waals surface area (Å²) in [5.41, 5.74) is 2.77. The van der Waals surface area contributed by atoms with Gasteiger partial charge in [0.25, 0.3) is 5.91 Å². The molecule has 1 saturated heterocycles. The molecule has 1 N–H and O–H groups in total. The topological polar surface area (TPSA) is 60.5 Å². The van der Waals surface area contributed by atoms with Crippen molar-refractivity contribution in [2.24, 2.45) is 0 Å². The molecule has 0 bridgehead atoms. The molecule has 2 heterocycles. The molecular weight excluding hydrogens is 324 g/mol. The first-order chi connectivity index (χ1) is 11.6. The number of benzene rings is 1. The number of aryl methyl sites for hydroxylation is 1. The van der Waals surface area contributed by atoms with Crippen LogP contribution < -0.4 is 10.1 Å². The fourth-order valence-corrected chi connectivity index (χ4v) is 3.29. The van der Waals surface area contributed by atoms with Crippen molar-refractivity contribution in [2.75, 3.05) is 13.2 Å². The molecule has 0 saturated carbocycles. The highest BCUT2D eigenvalue weighted by molar-refractivity contribution is 7.09. The van der Waals surface area contributed by atoms with E-state index in [0.29, 0.717) is 18.8 Å². The highest BCUT2D eigenvalue weighted by atomic mass is 32.1. The van der Waals surface area contributed by atoms with E-state index in [-0.39, 0.29) is 12.0 Å². The summed E-state index contributed by atoms with van der Waals surface area (Å²) in [7, 11) is 0. The van der Waals surface area contributed by atoms with Crippen LogP contribution in [-0.2, 0) is 11.3 Å². The predicted octanol–water partition coefficient (Wildman–Crippen LogP) is 3.25. The van der Waals surface area contributed by atoms with Crippen LogP contribution in [0.5, 0.6) is 5.75 Å². The second-order valence-electron chi connectivity index (χ2n) is 5.96. The number of hydrogen-bond donors (Lipinski definition) is 1. The minimum absolute atomic E-state index is 0.139. The second-order valence-corrected chi connectivity index (χ2v) is 6.90. The van der Waals surface area contributed by atoms with Gasteiger partial charge >= 0.3 is 0 Å². The molecule has 1 fully saturated rings. The SMILES string of the molecule is Cc1cccc(OCc2nc(C(=O)NC[C@@H]3CCCO3)cs2)c1C. The molecule has 0 spiro atoms. The summed E-state index contributed by atoms with van der Waals surface area (Å²) < 4.78 is 11.3. The van der Waals surface area contributed by atoms with E-state index >= 15 is 0 Å². The number of thiazole rings is 1. The van der Waals surface area contributed by atoms with Crippen LogP contribution in [0.4, 0.5) is 0 Å². The normalized spacial score (nSPS) is 17.0. The Labute approximate surface area is 146 Å². The standard InChI is InChI=1S/C18H22N2O3S/c1-12-5-3-7-16(13(12)2)23-10-17-20-15(11-24-17)18(21)19-9-14-6-4-8-22-14/h3,5,7,11,14H,4,6,8-10H2,1-2H3,(H,19,21)/t14-/m0/s1. The smallest absolute Gasteiger partial charge is 0.270 e. The zero-order valence-electron chi connectivity index (χ0n) is 14.0. The Morgan fingerprint density at radius 2 is 2.33 bits per heavy atom. The third-order valence-electron chi connectivity index (χ3n) is 4.20. The Morgan fingerprint density at radius 1 is 1.46 bits per heavy atom. The van der Waals surface area contributed by atoms with Crippen LogP contribution in [0.1, 0.15) is 39.5 Å². The zero-order valence-corrected chi connectivity index (χ0v) is 14.8. The van der Waals surface area contributed by atoms with Gasteiger partial charge in [0, 0.05) is 18.5 Å². The lowest BCUT2D eigenvalue weighted by atomic mass is 10.1. The third-order valence-corrected chi connectivity index (χ3v) is 5.03. The number of rotatable bonds is 6. The molecule has 0 radical (unpaired) electrons. The van der Waals surface area contributed by atoms with Crippen LogP contribution in [0, 0.1) is 13.8 Å². The summed E-state index contributed by atoms with van der Waals surface area (Å²) in [6, 6.07) is 5.98. The molecule has 5 nitrogen and oxygen atoms in total. The van der Waals surface area contributed by atoms with Crippen molar-refractivity contribution >= 4 is 17.2 Å². The number of carbonyl (C=O) groups is 1. The van der Waals surface area contributed by atoms with Gasteiger partial charge in [-0.2, -0.15) is 0 Å².